The number of rotatable bonds is 5. The summed E-state index contributed by atoms with van der Waals surface area (Å²) >= 11 is 12.5. The number of methoxy groups -OCH3 is 1. The fourth-order valence-electron chi connectivity index (χ4n) is 2.41. The van der Waals surface area contributed by atoms with Gasteiger partial charge in [-0.3, -0.25) is 0 Å². The van der Waals surface area contributed by atoms with Gasteiger partial charge < -0.3 is 10.1 Å². The summed E-state index contributed by atoms with van der Waals surface area (Å²) in [7, 11) is 3.61. The highest BCUT2D eigenvalue weighted by Crippen LogP contribution is 2.33. The van der Waals surface area contributed by atoms with E-state index in [-0.39, 0.29) is 6.04 Å². The van der Waals surface area contributed by atoms with Crippen LogP contribution in [0, 0.1) is 6.92 Å². The van der Waals surface area contributed by atoms with Crippen LogP contribution < -0.4 is 10.1 Å². The number of nitrogens with one attached hydrogen (secondary N) is 1. The molecule has 1 atom stereocenters. The van der Waals surface area contributed by atoms with Crippen molar-refractivity contribution in [3.8, 4) is 5.75 Å². The molecule has 0 heterocycles. The van der Waals surface area contributed by atoms with E-state index in [2.05, 4.69) is 17.4 Å². The van der Waals surface area contributed by atoms with Crippen LogP contribution in [0.3, 0.4) is 0 Å². The number of likely N-dealkylation sites (N-methyl/N-ethyl adjacent to an activating group) is 1. The molecule has 0 bridgehead atoms. The number of ether oxygens (including phenoxy) is 1. The van der Waals surface area contributed by atoms with E-state index in [0.717, 1.165) is 16.9 Å². The molecule has 0 radical (unpaired) electrons. The molecule has 0 amide bonds. The Labute approximate surface area is 136 Å². The second-order valence-electron chi connectivity index (χ2n) is 4.99. The molecule has 0 fully saturated rings. The molecule has 0 aliphatic carbocycles. The summed E-state index contributed by atoms with van der Waals surface area (Å²) in [6.07, 6.45) is 0.703. The van der Waals surface area contributed by atoms with E-state index < -0.39 is 0 Å². The highest BCUT2D eigenvalue weighted by molar-refractivity contribution is 6.36. The molecule has 0 aliphatic rings. The average Bonchev–Trinajstić information content (AvgIpc) is 2.47. The van der Waals surface area contributed by atoms with Crippen molar-refractivity contribution in [3.63, 3.8) is 0 Å². The molecule has 0 spiro atoms. The fourth-order valence-corrected chi connectivity index (χ4v) is 2.96. The second kappa shape index (κ2) is 7.17. The minimum absolute atomic E-state index is 0.0814. The third kappa shape index (κ3) is 3.70. The number of aryl methyl sites for hydroxylation is 1. The molecular weight excluding hydrogens is 305 g/mol. The molecule has 1 N–H and O–H groups in total. The highest BCUT2D eigenvalue weighted by atomic mass is 35.5. The van der Waals surface area contributed by atoms with Gasteiger partial charge in [-0.2, -0.15) is 0 Å². The number of hydrogen-bond donors (Lipinski definition) is 1. The Morgan fingerprint density at radius 1 is 1.14 bits per heavy atom. The monoisotopic (exact) mass is 323 g/mol. The third-order valence-electron chi connectivity index (χ3n) is 3.58. The maximum absolute atomic E-state index is 6.27. The number of halogens is 2. The first-order valence-electron chi connectivity index (χ1n) is 6.81. The Balaban J connectivity index is 2.37. The average molecular weight is 324 g/mol. The Morgan fingerprint density at radius 3 is 2.38 bits per heavy atom. The van der Waals surface area contributed by atoms with Crippen molar-refractivity contribution in [2.24, 2.45) is 0 Å². The van der Waals surface area contributed by atoms with E-state index in [4.69, 9.17) is 27.9 Å². The van der Waals surface area contributed by atoms with Crippen molar-refractivity contribution >= 4 is 23.2 Å². The summed E-state index contributed by atoms with van der Waals surface area (Å²) in [5.41, 5.74) is 3.21. The molecule has 4 heteroatoms. The molecule has 112 valence electrons. The summed E-state index contributed by atoms with van der Waals surface area (Å²) in [5.74, 6) is 0.873. The predicted octanol–water partition coefficient (Wildman–Crippen LogP) is 4.81. The van der Waals surface area contributed by atoms with Gasteiger partial charge in [0.1, 0.15) is 5.75 Å². The molecule has 21 heavy (non-hydrogen) atoms. The largest absolute Gasteiger partial charge is 0.496 e. The van der Waals surface area contributed by atoms with Crippen LogP contribution >= 0.6 is 23.2 Å². The Kier molecular flexibility index (Phi) is 5.51. The minimum atomic E-state index is 0.0814. The lowest BCUT2D eigenvalue weighted by molar-refractivity contribution is 0.401. The van der Waals surface area contributed by atoms with Crippen LogP contribution in [-0.2, 0) is 6.42 Å². The van der Waals surface area contributed by atoms with Crippen molar-refractivity contribution in [1.82, 2.24) is 5.32 Å². The van der Waals surface area contributed by atoms with E-state index in [1.54, 1.807) is 7.11 Å². The van der Waals surface area contributed by atoms with Gasteiger partial charge in [-0.1, -0.05) is 41.4 Å². The summed E-state index contributed by atoms with van der Waals surface area (Å²) in [6, 6.07) is 11.9. The summed E-state index contributed by atoms with van der Waals surface area (Å²) in [4.78, 5) is 0. The fraction of sp³-hybridized carbons (Fsp3) is 0.294. The van der Waals surface area contributed by atoms with Gasteiger partial charge in [-0.25, -0.2) is 0 Å². The minimum Gasteiger partial charge on any atom is -0.496 e. The van der Waals surface area contributed by atoms with Crippen LogP contribution in [0.15, 0.2) is 36.4 Å². The van der Waals surface area contributed by atoms with Crippen LogP contribution in [0.5, 0.6) is 5.75 Å². The summed E-state index contributed by atoms with van der Waals surface area (Å²) in [5, 5.41) is 4.70. The van der Waals surface area contributed by atoms with Gasteiger partial charge in [0, 0.05) is 21.7 Å². The molecule has 2 nitrogen and oxygen atoms in total. The van der Waals surface area contributed by atoms with Crippen molar-refractivity contribution in [3.05, 3.63) is 63.1 Å². The second-order valence-corrected chi connectivity index (χ2v) is 5.81. The predicted molar refractivity (Wildman–Crippen MR) is 89.7 cm³/mol. The van der Waals surface area contributed by atoms with Crippen LogP contribution in [0.4, 0.5) is 0 Å². The first-order valence-corrected chi connectivity index (χ1v) is 7.57. The lowest BCUT2D eigenvalue weighted by Gasteiger charge is -2.21. The molecule has 0 saturated carbocycles. The molecule has 0 saturated heterocycles. The van der Waals surface area contributed by atoms with Gasteiger partial charge in [0.2, 0.25) is 0 Å². The number of hydrogen-bond acceptors (Lipinski definition) is 2. The van der Waals surface area contributed by atoms with E-state index in [1.165, 1.54) is 5.56 Å². The van der Waals surface area contributed by atoms with Gasteiger partial charge in [0.25, 0.3) is 0 Å². The number of benzene rings is 2. The van der Waals surface area contributed by atoms with Crippen LogP contribution in [0.25, 0.3) is 0 Å². The van der Waals surface area contributed by atoms with Gasteiger partial charge in [0.15, 0.2) is 0 Å². The SMILES string of the molecule is CNC(Cc1c(Cl)cccc1Cl)c1ccc(C)cc1OC. The van der Waals surface area contributed by atoms with Crippen molar-refractivity contribution in [2.75, 3.05) is 14.2 Å². The molecule has 1 unspecified atom stereocenters. The lowest BCUT2D eigenvalue weighted by Crippen LogP contribution is -2.20. The van der Waals surface area contributed by atoms with Gasteiger partial charge in [-0.15, -0.1) is 0 Å². The zero-order valence-corrected chi connectivity index (χ0v) is 13.9. The quantitative estimate of drug-likeness (QED) is 0.852. The normalized spacial score (nSPS) is 12.2. The highest BCUT2D eigenvalue weighted by Gasteiger charge is 2.18. The van der Waals surface area contributed by atoms with E-state index in [9.17, 15) is 0 Å². The smallest absolute Gasteiger partial charge is 0.123 e. The molecular formula is C17H19Cl2NO. The van der Waals surface area contributed by atoms with Gasteiger partial charge in [0.05, 0.1) is 7.11 Å². The van der Waals surface area contributed by atoms with Gasteiger partial charge >= 0.3 is 0 Å². The van der Waals surface area contributed by atoms with E-state index in [0.29, 0.717) is 16.5 Å². The first-order chi connectivity index (χ1) is 10.1. The first kappa shape index (κ1) is 16.2. The summed E-state index contributed by atoms with van der Waals surface area (Å²) < 4.78 is 5.50. The van der Waals surface area contributed by atoms with Crippen LogP contribution in [0.1, 0.15) is 22.7 Å². The Morgan fingerprint density at radius 2 is 1.81 bits per heavy atom. The molecule has 2 aromatic rings. The van der Waals surface area contributed by atoms with Crippen molar-refractivity contribution in [2.45, 2.75) is 19.4 Å². The molecule has 0 aromatic heterocycles. The maximum atomic E-state index is 6.27. The zero-order valence-electron chi connectivity index (χ0n) is 12.4. The topological polar surface area (TPSA) is 21.3 Å². The van der Waals surface area contributed by atoms with Crippen LogP contribution in [0.2, 0.25) is 10.0 Å². The Hall–Kier alpha value is -1.22. The third-order valence-corrected chi connectivity index (χ3v) is 4.29. The standard InChI is InChI=1S/C17H19Cl2NO/c1-11-7-8-12(17(9-11)21-3)16(20-2)10-13-14(18)5-4-6-15(13)19/h4-9,16,20H,10H2,1-3H3. The molecule has 2 aromatic carbocycles. The Bertz CT molecular complexity index is 608. The maximum Gasteiger partial charge on any atom is 0.123 e. The zero-order chi connectivity index (χ0) is 15.4. The van der Waals surface area contributed by atoms with Crippen molar-refractivity contribution < 1.29 is 4.74 Å². The van der Waals surface area contributed by atoms with E-state index in [1.807, 2.05) is 38.2 Å². The van der Waals surface area contributed by atoms with Gasteiger partial charge in [-0.05, 0) is 49.7 Å². The van der Waals surface area contributed by atoms with E-state index >= 15 is 0 Å². The van der Waals surface area contributed by atoms with Crippen LogP contribution in [-0.4, -0.2) is 14.2 Å². The lowest BCUT2D eigenvalue weighted by atomic mass is 9.97. The molecule has 2 rings (SSSR count). The van der Waals surface area contributed by atoms with Crippen molar-refractivity contribution in [1.29, 1.82) is 0 Å². The molecule has 0 aliphatic heterocycles. The summed E-state index contributed by atoms with van der Waals surface area (Å²) in [6.45, 7) is 2.05.